The Bertz CT molecular complexity index is 775. The van der Waals surface area contributed by atoms with E-state index < -0.39 is 0 Å². The summed E-state index contributed by atoms with van der Waals surface area (Å²) in [7, 11) is 3.53. The monoisotopic (exact) mass is 374 g/mol. The molecule has 0 unspecified atom stereocenters. The van der Waals surface area contributed by atoms with E-state index in [1.54, 1.807) is 13.2 Å². The number of nitrogens with one attached hydrogen (secondary N) is 1. The molecule has 0 spiro atoms. The maximum absolute atomic E-state index is 12.6. The summed E-state index contributed by atoms with van der Waals surface area (Å²) in [4.78, 5) is 14.5. The maximum atomic E-state index is 12.6. The molecule has 5 heteroatoms. The lowest BCUT2D eigenvalue weighted by atomic mass is 9.98. The Morgan fingerprint density at radius 1 is 1.27 bits per heavy atom. The number of anilines is 1. The van der Waals surface area contributed by atoms with Crippen LogP contribution in [0.25, 0.3) is 0 Å². The van der Waals surface area contributed by atoms with Crippen LogP contribution in [0.15, 0.2) is 36.4 Å². The van der Waals surface area contributed by atoms with Gasteiger partial charge in [-0.2, -0.15) is 0 Å². The highest BCUT2D eigenvalue weighted by atomic mass is 35.5. The van der Waals surface area contributed by atoms with E-state index in [-0.39, 0.29) is 12.5 Å². The van der Waals surface area contributed by atoms with Crippen molar-refractivity contribution in [3.8, 4) is 5.75 Å². The number of benzene rings is 2. The molecule has 0 radical (unpaired) electrons. The largest absolute Gasteiger partial charge is 0.496 e. The second-order valence-corrected chi connectivity index (χ2v) is 7.31. The Hall–Kier alpha value is -2.04. The average Bonchev–Trinajstić information content (AvgIpc) is 2.56. The summed E-state index contributed by atoms with van der Waals surface area (Å²) in [6.07, 6.45) is 0. The Balaban J connectivity index is 2.06. The summed E-state index contributed by atoms with van der Waals surface area (Å²) >= 11 is 6.08. The summed E-state index contributed by atoms with van der Waals surface area (Å²) in [6.45, 7) is 7.12. The molecular formula is C21H27ClN2O2. The quantitative estimate of drug-likeness (QED) is 0.753. The fourth-order valence-electron chi connectivity index (χ4n) is 2.98. The first kappa shape index (κ1) is 20.3. The summed E-state index contributed by atoms with van der Waals surface area (Å²) in [5, 5.41) is 3.73. The first-order chi connectivity index (χ1) is 12.3. The van der Waals surface area contributed by atoms with Gasteiger partial charge in [0.25, 0.3) is 0 Å². The van der Waals surface area contributed by atoms with Crippen LogP contribution in [0.1, 0.15) is 36.5 Å². The van der Waals surface area contributed by atoms with Gasteiger partial charge in [0, 0.05) is 22.8 Å². The van der Waals surface area contributed by atoms with E-state index in [1.165, 1.54) is 0 Å². The predicted molar refractivity (Wildman–Crippen MR) is 108 cm³/mol. The third-order valence-electron chi connectivity index (χ3n) is 4.29. The molecule has 0 aromatic heterocycles. The molecule has 1 N–H and O–H groups in total. The molecule has 1 amide bonds. The van der Waals surface area contributed by atoms with Crippen molar-refractivity contribution >= 4 is 23.2 Å². The number of methoxy groups -OCH3 is 1. The number of amides is 1. The third-order valence-corrected chi connectivity index (χ3v) is 4.52. The highest BCUT2D eigenvalue weighted by molar-refractivity contribution is 6.30. The Kier molecular flexibility index (Phi) is 7.06. The first-order valence-electron chi connectivity index (χ1n) is 8.72. The zero-order chi connectivity index (χ0) is 19.3. The molecule has 0 aliphatic carbocycles. The second-order valence-electron chi connectivity index (χ2n) is 6.87. The smallest absolute Gasteiger partial charge is 0.238 e. The van der Waals surface area contributed by atoms with Crippen LogP contribution in [0, 0.1) is 6.92 Å². The van der Waals surface area contributed by atoms with E-state index in [4.69, 9.17) is 16.3 Å². The van der Waals surface area contributed by atoms with Crippen LogP contribution in [0.3, 0.4) is 0 Å². The highest BCUT2D eigenvalue weighted by Gasteiger charge is 2.14. The summed E-state index contributed by atoms with van der Waals surface area (Å²) in [5.74, 6) is 1.08. The van der Waals surface area contributed by atoms with Crippen LogP contribution in [-0.2, 0) is 11.3 Å². The van der Waals surface area contributed by atoms with Gasteiger partial charge in [-0.1, -0.05) is 43.6 Å². The number of nitrogens with zero attached hydrogens (tertiary/aromatic N) is 1. The van der Waals surface area contributed by atoms with Crippen LogP contribution >= 0.6 is 11.6 Å². The van der Waals surface area contributed by atoms with E-state index in [1.807, 2.05) is 43.1 Å². The number of carbonyl (C=O) groups is 1. The number of aryl methyl sites for hydroxylation is 1. The average molecular weight is 375 g/mol. The topological polar surface area (TPSA) is 41.6 Å². The number of para-hydroxylation sites is 1. The van der Waals surface area contributed by atoms with Crippen molar-refractivity contribution < 1.29 is 9.53 Å². The zero-order valence-electron chi connectivity index (χ0n) is 16.1. The van der Waals surface area contributed by atoms with Gasteiger partial charge < -0.3 is 10.1 Å². The molecule has 2 aromatic carbocycles. The molecule has 140 valence electrons. The van der Waals surface area contributed by atoms with Gasteiger partial charge in [0.05, 0.1) is 13.7 Å². The Morgan fingerprint density at radius 3 is 2.65 bits per heavy atom. The molecule has 0 atom stereocenters. The molecule has 0 fully saturated rings. The van der Waals surface area contributed by atoms with Crippen LogP contribution in [-0.4, -0.2) is 31.5 Å². The maximum Gasteiger partial charge on any atom is 0.238 e. The van der Waals surface area contributed by atoms with Crippen molar-refractivity contribution in [2.24, 2.45) is 0 Å². The van der Waals surface area contributed by atoms with Gasteiger partial charge in [0.15, 0.2) is 0 Å². The van der Waals surface area contributed by atoms with Crippen molar-refractivity contribution in [2.75, 3.05) is 26.0 Å². The van der Waals surface area contributed by atoms with Gasteiger partial charge in [0.1, 0.15) is 5.75 Å². The molecule has 2 rings (SSSR count). The minimum Gasteiger partial charge on any atom is -0.496 e. The highest BCUT2D eigenvalue weighted by Crippen LogP contribution is 2.27. The number of hydrogen-bond acceptors (Lipinski definition) is 3. The molecule has 0 bridgehead atoms. The summed E-state index contributed by atoms with van der Waals surface area (Å²) < 4.78 is 5.37. The number of halogens is 1. The Labute approximate surface area is 161 Å². The fourth-order valence-corrected chi connectivity index (χ4v) is 3.18. The van der Waals surface area contributed by atoms with Gasteiger partial charge in [0.2, 0.25) is 5.91 Å². The zero-order valence-corrected chi connectivity index (χ0v) is 16.9. The van der Waals surface area contributed by atoms with E-state index in [9.17, 15) is 4.79 Å². The second kappa shape index (κ2) is 9.06. The van der Waals surface area contributed by atoms with Gasteiger partial charge in [-0.15, -0.1) is 0 Å². The lowest BCUT2D eigenvalue weighted by Crippen LogP contribution is -2.30. The van der Waals surface area contributed by atoms with Crippen molar-refractivity contribution in [1.82, 2.24) is 4.90 Å². The van der Waals surface area contributed by atoms with Crippen LogP contribution < -0.4 is 10.1 Å². The standard InChI is InChI=1S/C21H27ClN2O2/c1-14(2)18-8-6-7-15(3)21(18)23-20(25)13-24(4)12-16-11-17(22)9-10-19(16)26-5/h6-11,14H,12-13H2,1-5H3,(H,23,25). The van der Waals surface area contributed by atoms with Crippen molar-refractivity contribution in [1.29, 1.82) is 0 Å². The molecule has 0 saturated carbocycles. The minimum atomic E-state index is -0.0373. The van der Waals surface area contributed by atoms with E-state index in [2.05, 4.69) is 25.2 Å². The van der Waals surface area contributed by atoms with E-state index >= 15 is 0 Å². The molecule has 4 nitrogen and oxygen atoms in total. The number of carbonyl (C=O) groups excluding carboxylic acids is 1. The Morgan fingerprint density at radius 2 is 2.00 bits per heavy atom. The molecule has 2 aromatic rings. The van der Waals surface area contributed by atoms with E-state index in [0.717, 1.165) is 28.1 Å². The number of hydrogen-bond donors (Lipinski definition) is 1. The normalized spacial score (nSPS) is 11.1. The van der Waals surface area contributed by atoms with Gasteiger partial charge in [-0.05, 0) is 49.2 Å². The van der Waals surface area contributed by atoms with Gasteiger partial charge in [-0.25, -0.2) is 0 Å². The van der Waals surface area contributed by atoms with Crippen molar-refractivity contribution in [3.05, 3.63) is 58.1 Å². The van der Waals surface area contributed by atoms with Crippen molar-refractivity contribution in [2.45, 2.75) is 33.2 Å². The SMILES string of the molecule is COc1ccc(Cl)cc1CN(C)CC(=O)Nc1c(C)cccc1C(C)C. The third kappa shape index (κ3) is 5.23. The minimum absolute atomic E-state index is 0.0373. The van der Waals surface area contributed by atoms with Crippen LogP contribution in [0.4, 0.5) is 5.69 Å². The van der Waals surface area contributed by atoms with Gasteiger partial charge in [-0.3, -0.25) is 9.69 Å². The summed E-state index contributed by atoms with van der Waals surface area (Å²) in [6, 6.07) is 11.6. The van der Waals surface area contributed by atoms with Gasteiger partial charge >= 0.3 is 0 Å². The van der Waals surface area contributed by atoms with Crippen molar-refractivity contribution in [3.63, 3.8) is 0 Å². The lowest BCUT2D eigenvalue weighted by Gasteiger charge is -2.20. The molecule has 0 saturated heterocycles. The predicted octanol–water partition coefficient (Wildman–Crippen LogP) is 4.85. The fraction of sp³-hybridized carbons (Fsp3) is 0.381. The molecule has 26 heavy (non-hydrogen) atoms. The lowest BCUT2D eigenvalue weighted by molar-refractivity contribution is -0.117. The van der Waals surface area contributed by atoms with Crippen LogP contribution in [0.5, 0.6) is 5.75 Å². The number of likely N-dealkylation sites (N-methyl/N-ethyl adjacent to an activating group) is 1. The summed E-state index contributed by atoms with van der Waals surface area (Å²) in [5.41, 5.74) is 4.09. The van der Waals surface area contributed by atoms with E-state index in [0.29, 0.717) is 17.5 Å². The molecule has 0 aliphatic heterocycles. The number of ether oxygens (including phenoxy) is 1. The molecule has 0 aliphatic rings. The first-order valence-corrected chi connectivity index (χ1v) is 9.10. The molecular weight excluding hydrogens is 348 g/mol. The van der Waals surface area contributed by atoms with Crippen LogP contribution in [0.2, 0.25) is 5.02 Å². The number of rotatable bonds is 7. The molecule has 0 heterocycles.